The second-order valence-corrected chi connectivity index (χ2v) is 5.34. The van der Waals surface area contributed by atoms with E-state index in [1.807, 2.05) is 24.3 Å². The average molecular weight is 277 g/mol. The second-order valence-electron chi connectivity index (χ2n) is 5.34. The van der Waals surface area contributed by atoms with E-state index < -0.39 is 5.60 Å². The smallest absolute Gasteiger partial charge is 0.193 e. The number of ether oxygens (including phenoxy) is 1. The van der Waals surface area contributed by atoms with Crippen LogP contribution >= 0.6 is 0 Å². The van der Waals surface area contributed by atoms with Gasteiger partial charge in [-0.25, -0.2) is 0 Å². The molecule has 20 heavy (non-hydrogen) atoms. The van der Waals surface area contributed by atoms with Crippen molar-refractivity contribution in [1.29, 1.82) is 0 Å². The molecule has 1 aromatic rings. The third-order valence-corrected chi connectivity index (χ3v) is 3.67. The maximum atomic E-state index is 10.4. The summed E-state index contributed by atoms with van der Waals surface area (Å²) < 4.78 is 5.15. The van der Waals surface area contributed by atoms with Gasteiger partial charge in [0.05, 0.1) is 19.3 Å². The van der Waals surface area contributed by atoms with Gasteiger partial charge in [0.25, 0.3) is 0 Å². The van der Waals surface area contributed by atoms with Crippen LogP contribution in [0.2, 0.25) is 0 Å². The lowest BCUT2D eigenvalue weighted by molar-refractivity contribution is 0.0132. The first kappa shape index (κ1) is 14.7. The standard InChI is InChI=1S/C15H23N3O2/c1-20-13-7-5-6-12(10-13)18-14(16)17-11-15(19)8-3-2-4-9-15/h5-7,10,19H,2-4,8-9,11H2,1H3,(H3,16,17,18). The largest absolute Gasteiger partial charge is 0.497 e. The SMILES string of the molecule is COc1cccc(NC(N)=NCC2(O)CCCCC2)c1. The Labute approximate surface area is 119 Å². The summed E-state index contributed by atoms with van der Waals surface area (Å²) in [5.74, 6) is 1.07. The van der Waals surface area contributed by atoms with E-state index in [4.69, 9.17) is 10.5 Å². The number of benzene rings is 1. The van der Waals surface area contributed by atoms with E-state index in [0.29, 0.717) is 12.5 Å². The quantitative estimate of drug-likeness (QED) is 0.582. The highest BCUT2D eigenvalue weighted by atomic mass is 16.5. The molecule has 5 nitrogen and oxygen atoms in total. The van der Waals surface area contributed by atoms with Gasteiger partial charge in [0.2, 0.25) is 0 Å². The molecule has 5 heteroatoms. The Morgan fingerprint density at radius 2 is 2.15 bits per heavy atom. The van der Waals surface area contributed by atoms with E-state index >= 15 is 0 Å². The van der Waals surface area contributed by atoms with E-state index in [1.165, 1.54) is 6.42 Å². The number of aliphatic imine (C=N–C) groups is 1. The Morgan fingerprint density at radius 3 is 2.85 bits per heavy atom. The van der Waals surface area contributed by atoms with Crippen molar-refractivity contribution in [2.24, 2.45) is 10.7 Å². The Balaban J connectivity index is 1.93. The molecule has 1 aliphatic rings. The molecule has 0 unspecified atom stereocenters. The third kappa shape index (κ3) is 4.13. The number of nitrogens with two attached hydrogens (primary N) is 1. The van der Waals surface area contributed by atoms with E-state index in [-0.39, 0.29) is 0 Å². The number of rotatable bonds is 4. The molecule has 0 amide bonds. The van der Waals surface area contributed by atoms with Crippen LogP contribution in [-0.4, -0.2) is 30.3 Å². The van der Waals surface area contributed by atoms with Gasteiger partial charge in [0.15, 0.2) is 5.96 Å². The van der Waals surface area contributed by atoms with Gasteiger partial charge in [-0.2, -0.15) is 0 Å². The first-order valence-electron chi connectivity index (χ1n) is 7.05. The highest BCUT2D eigenvalue weighted by Crippen LogP contribution is 2.28. The van der Waals surface area contributed by atoms with E-state index in [9.17, 15) is 5.11 Å². The number of nitrogens with zero attached hydrogens (tertiary/aromatic N) is 1. The highest BCUT2D eigenvalue weighted by molar-refractivity contribution is 5.92. The van der Waals surface area contributed by atoms with Crippen molar-refractivity contribution in [2.75, 3.05) is 19.0 Å². The number of nitrogens with one attached hydrogen (secondary N) is 1. The number of aliphatic hydroxyl groups is 1. The highest BCUT2D eigenvalue weighted by Gasteiger charge is 2.28. The van der Waals surface area contributed by atoms with Gasteiger partial charge in [-0.15, -0.1) is 0 Å². The van der Waals surface area contributed by atoms with Crippen molar-refractivity contribution in [3.63, 3.8) is 0 Å². The summed E-state index contributed by atoms with van der Waals surface area (Å²) in [5, 5.41) is 13.4. The molecule has 1 aromatic carbocycles. The van der Waals surface area contributed by atoms with Crippen LogP contribution in [0.5, 0.6) is 5.75 Å². The van der Waals surface area contributed by atoms with Crippen LogP contribution in [-0.2, 0) is 0 Å². The second kappa shape index (κ2) is 6.61. The Bertz CT molecular complexity index is 468. The predicted octanol–water partition coefficient (Wildman–Crippen LogP) is 2.12. The van der Waals surface area contributed by atoms with Crippen molar-refractivity contribution in [2.45, 2.75) is 37.7 Å². The van der Waals surface area contributed by atoms with Crippen LogP contribution in [0.1, 0.15) is 32.1 Å². The van der Waals surface area contributed by atoms with Crippen molar-refractivity contribution >= 4 is 11.6 Å². The minimum absolute atomic E-state index is 0.317. The maximum absolute atomic E-state index is 10.4. The van der Waals surface area contributed by atoms with Gasteiger partial charge >= 0.3 is 0 Å². The molecule has 0 radical (unpaired) electrons. The number of hydrogen-bond donors (Lipinski definition) is 3. The van der Waals surface area contributed by atoms with Gasteiger partial charge in [-0.3, -0.25) is 4.99 Å². The summed E-state index contributed by atoms with van der Waals surface area (Å²) >= 11 is 0. The zero-order valence-electron chi connectivity index (χ0n) is 11.9. The summed E-state index contributed by atoms with van der Waals surface area (Å²) in [4.78, 5) is 4.26. The van der Waals surface area contributed by atoms with Crippen LogP contribution in [0.4, 0.5) is 5.69 Å². The topological polar surface area (TPSA) is 79.9 Å². The molecule has 0 bridgehead atoms. The van der Waals surface area contributed by atoms with Crippen molar-refractivity contribution in [3.05, 3.63) is 24.3 Å². The first-order valence-corrected chi connectivity index (χ1v) is 7.05. The van der Waals surface area contributed by atoms with E-state index in [1.54, 1.807) is 7.11 Å². The first-order chi connectivity index (χ1) is 9.61. The third-order valence-electron chi connectivity index (χ3n) is 3.67. The van der Waals surface area contributed by atoms with Gasteiger partial charge in [0, 0.05) is 11.8 Å². The monoisotopic (exact) mass is 277 g/mol. The van der Waals surface area contributed by atoms with Gasteiger partial charge in [-0.05, 0) is 25.0 Å². The van der Waals surface area contributed by atoms with Crippen LogP contribution in [0.15, 0.2) is 29.3 Å². The molecule has 0 saturated heterocycles. The van der Waals surface area contributed by atoms with Gasteiger partial charge in [0.1, 0.15) is 5.75 Å². The minimum atomic E-state index is -0.682. The fourth-order valence-corrected chi connectivity index (χ4v) is 2.49. The van der Waals surface area contributed by atoms with Crippen molar-refractivity contribution in [1.82, 2.24) is 0 Å². The van der Waals surface area contributed by atoms with E-state index in [2.05, 4.69) is 10.3 Å². The van der Waals surface area contributed by atoms with Crippen LogP contribution < -0.4 is 15.8 Å². The summed E-state index contributed by atoms with van der Waals surface area (Å²) in [6.07, 6.45) is 4.94. The van der Waals surface area contributed by atoms with Crippen molar-refractivity contribution in [3.8, 4) is 5.75 Å². The number of anilines is 1. The number of guanidine groups is 1. The summed E-state index contributed by atoms with van der Waals surface area (Å²) in [7, 11) is 1.62. The molecular formula is C15H23N3O2. The van der Waals surface area contributed by atoms with Crippen LogP contribution in [0.25, 0.3) is 0 Å². The number of methoxy groups -OCH3 is 1. The molecule has 0 atom stereocenters. The Hall–Kier alpha value is -1.75. The normalized spacial score (nSPS) is 18.6. The lowest BCUT2D eigenvalue weighted by atomic mass is 9.85. The van der Waals surface area contributed by atoms with Gasteiger partial charge in [-0.1, -0.05) is 25.3 Å². The summed E-state index contributed by atoms with van der Waals surface area (Å²) in [5.41, 5.74) is 6.00. The molecule has 4 N–H and O–H groups in total. The molecular weight excluding hydrogens is 254 g/mol. The lowest BCUT2D eigenvalue weighted by Crippen LogP contribution is -2.36. The lowest BCUT2D eigenvalue weighted by Gasteiger charge is -2.30. The molecule has 1 fully saturated rings. The minimum Gasteiger partial charge on any atom is -0.497 e. The maximum Gasteiger partial charge on any atom is 0.193 e. The molecule has 0 aliphatic heterocycles. The molecule has 0 heterocycles. The summed E-state index contributed by atoms with van der Waals surface area (Å²) in [6, 6.07) is 7.48. The summed E-state index contributed by atoms with van der Waals surface area (Å²) in [6.45, 7) is 0.357. The van der Waals surface area contributed by atoms with Crippen molar-refractivity contribution < 1.29 is 9.84 Å². The molecule has 2 rings (SSSR count). The zero-order valence-corrected chi connectivity index (χ0v) is 11.9. The molecule has 0 spiro atoms. The van der Waals surface area contributed by atoms with Crippen LogP contribution in [0, 0.1) is 0 Å². The predicted molar refractivity (Wildman–Crippen MR) is 81.1 cm³/mol. The average Bonchev–Trinajstić information content (AvgIpc) is 2.46. The fraction of sp³-hybridized carbons (Fsp3) is 0.533. The zero-order chi connectivity index (χ0) is 14.4. The van der Waals surface area contributed by atoms with Gasteiger partial charge < -0.3 is 20.9 Å². The molecule has 110 valence electrons. The molecule has 0 aromatic heterocycles. The number of hydrogen-bond acceptors (Lipinski definition) is 3. The van der Waals surface area contributed by atoms with Crippen LogP contribution in [0.3, 0.4) is 0 Å². The van der Waals surface area contributed by atoms with E-state index in [0.717, 1.165) is 37.1 Å². The fourth-order valence-electron chi connectivity index (χ4n) is 2.49. The molecule has 1 aliphatic carbocycles. The Kier molecular flexibility index (Phi) is 4.84. The molecule has 1 saturated carbocycles. The Morgan fingerprint density at radius 1 is 1.40 bits per heavy atom.